The first-order valence-corrected chi connectivity index (χ1v) is 8.63. The molecule has 0 aliphatic heterocycles. The van der Waals surface area contributed by atoms with Crippen LogP contribution in [0.2, 0.25) is 0 Å². The minimum atomic E-state index is -0.441. The Labute approximate surface area is 136 Å². The van der Waals surface area contributed by atoms with E-state index in [1.807, 2.05) is 27.7 Å². The standard InChI is InChI=1S/C17H26O4S/c1-6-7-13-8-14(16(18)20-9-11(2)3)15(22-13)17(19)21-10-12(4)5/h8,11-12H,6-7,9-10H2,1-5H3. The van der Waals surface area contributed by atoms with Crippen LogP contribution in [0.25, 0.3) is 0 Å². The van der Waals surface area contributed by atoms with Crippen molar-refractivity contribution in [3.8, 4) is 0 Å². The SMILES string of the molecule is CCCc1cc(C(=O)OCC(C)C)c(C(=O)OCC(C)C)s1. The number of hydrogen-bond donors (Lipinski definition) is 0. The molecule has 4 nitrogen and oxygen atoms in total. The van der Waals surface area contributed by atoms with E-state index in [1.54, 1.807) is 6.07 Å². The molecule has 0 amide bonds. The van der Waals surface area contributed by atoms with Crippen molar-refractivity contribution in [2.75, 3.05) is 13.2 Å². The van der Waals surface area contributed by atoms with Crippen LogP contribution in [0, 0.1) is 11.8 Å². The fourth-order valence-corrected chi connectivity index (χ4v) is 2.88. The number of ether oxygens (including phenoxy) is 2. The third-order valence-corrected chi connectivity index (χ3v) is 3.96. The van der Waals surface area contributed by atoms with Gasteiger partial charge < -0.3 is 9.47 Å². The molecule has 0 atom stereocenters. The van der Waals surface area contributed by atoms with Gasteiger partial charge in [0, 0.05) is 4.88 Å². The van der Waals surface area contributed by atoms with Gasteiger partial charge in [-0.25, -0.2) is 9.59 Å². The zero-order chi connectivity index (χ0) is 16.7. The van der Waals surface area contributed by atoms with E-state index in [9.17, 15) is 9.59 Å². The lowest BCUT2D eigenvalue weighted by Crippen LogP contribution is -2.15. The Morgan fingerprint density at radius 1 is 1.05 bits per heavy atom. The Bertz CT molecular complexity index is 461. The van der Waals surface area contributed by atoms with Gasteiger partial charge in [0.1, 0.15) is 4.88 Å². The molecule has 0 fully saturated rings. The van der Waals surface area contributed by atoms with Crippen LogP contribution in [0.1, 0.15) is 65.9 Å². The van der Waals surface area contributed by atoms with Crippen LogP contribution in [-0.2, 0) is 15.9 Å². The van der Waals surface area contributed by atoms with Crippen molar-refractivity contribution in [1.29, 1.82) is 0 Å². The summed E-state index contributed by atoms with van der Waals surface area (Å²) in [7, 11) is 0. The number of thiophene rings is 1. The van der Waals surface area contributed by atoms with Crippen molar-refractivity contribution in [3.05, 3.63) is 21.4 Å². The zero-order valence-corrected chi connectivity index (χ0v) is 14.9. The van der Waals surface area contributed by atoms with E-state index in [-0.39, 0.29) is 11.8 Å². The minimum absolute atomic E-state index is 0.258. The lowest BCUT2D eigenvalue weighted by atomic mass is 10.2. The Kier molecular flexibility index (Phi) is 7.59. The lowest BCUT2D eigenvalue weighted by Gasteiger charge is -2.09. The van der Waals surface area contributed by atoms with Gasteiger partial charge in [0.05, 0.1) is 18.8 Å². The molecule has 0 unspecified atom stereocenters. The fourth-order valence-electron chi connectivity index (χ4n) is 1.74. The van der Waals surface area contributed by atoms with E-state index >= 15 is 0 Å². The van der Waals surface area contributed by atoms with E-state index in [2.05, 4.69) is 6.92 Å². The molecular formula is C17H26O4S. The van der Waals surface area contributed by atoms with Crippen LogP contribution >= 0.6 is 11.3 Å². The summed E-state index contributed by atoms with van der Waals surface area (Å²) >= 11 is 1.33. The largest absolute Gasteiger partial charge is 0.462 e. The topological polar surface area (TPSA) is 52.6 Å². The average Bonchev–Trinajstić information content (AvgIpc) is 2.86. The van der Waals surface area contributed by atoms with Gasteiger partial charge in [-0.3, -0.25) is 0 Å². The van der Waals surface area contributed by atoms with Crippen LogP contribution in [0.3, 0.4) is 0 Å². The van der Waals surface area contributed by atoms with Gasteiger partial charge in [-0.1, -0.05) is 41.0 Å². The highest BCUT2D eigenvalue weighted by Gasteiger charge is 2.24. The van der Waals surface area contributed by atoms with Gasteiger partial charge in [-0.05, 0) is 24.3 Å². The second-order valence-corrected chi connectivity index (χ2v) is 7.33. The maximum absolute atomic E-state index is 12.2. The Morgan fingerprint density at radius 3 is 2.09 bits per heavy atom. The van der Waals surface area contributed by atoms with Crippen LogP contribution in [-0.4, -0.2) is 25.2 Å². The van der Waals surface area contributed by atoms with Crippen molar-refractivity contribution >= 4 is 23.3 Å². The second-order valence-electron chi connectivity index (χ2n) is 6.19. The molecule has 22 heavy (non-hydrogen) atoms. The molecule has 0 aliphatic rings. The molecule has 0 saturated heterocycles. The van der Waals surface area contributed by atoms with Gasteiger partial charge in [0.2, 0.25) is 0 Å². The van der Waals surface area contributed by atoms with Gasteiger partial charge in [-0.15, -0.1) is 11.3 Å². The molecule has 0 aromatic carbocycles. The summed E-state index contributed by atoms with van der Waals surface area (Å²) in [6.45, 7) is 10.7. The maximum atomic E-state index is 12.2. The van der Waals surface area contributed by atoms with E-state index in [0.29, 0.717) is 23.7 Å². The molecule has 1 aromatic rings. The number of hydrogen-bond acceptors (Lipinski definition) is 5. The fraction of sp³-hybridized carbons (Fsp3) is 0.647. The molecule has 5 heteroatoms. The monoisotopic (exact) mass is 326 g/mol. The Hall–Kier alpha value is -1.36. The van der Waals surface area contributed by atoms with E-state index in [4.69, 9.17) is 9.47 Å². The molecule has 1 heterocycles. The lowest BCUT2D eigenvalue weighted by molar-refractivity contribution is 0.0417. The van der Waals surface area contributed by atoms with Crippen LogP contribution < -0.4 is 0 Å². The summed E-state index contributed by atoms with van der Waals surface area (Å²) in [4.78, 5) is 25.8. The van der Waals surface area contributed by atoms with Crippen molar-refractivity contribution < 1.29 is 19.1 Å². The molecule has 0 saturated carbocycles. The third kappa shape index (κ3) is 5.79. The van der Waals surface area contributed by atoms with Crippen molar-refractivity contribution in [2.45, 2.75) is 47.5 Å². The Morgan fingerprint density at radius 2 is 1.59 bits per heavy atom. The normalized spacial score (nSPS) is 11.0. The average molecular weight is 326 g/mol. The van der Waals surface area contributed by atoms with E-state index < -0.39 is 11.9 Å². The molecule has 0 radical (unpaired) electrons. The van der Waals surface area contributed by atoms with Crippen LogP contribution in [0.5, 0.6) is 0 Å². The van der Waals surface area contributed by atoms with Crippen molar-refractivity contribution in [3.63, 3.8) is 0 Å². The summed E-state index contributed by atoms with van der Waals surface area (Å²) in [5.74, 6) is -0.356. The second kappa shape index (κ2) is 8.93. The van der Waals surface area contributed by atoms with Crippen molar-refractivity contribution in [1.82, 2.24) is 0 Å². The summed E-state index contributed by atoms with van der Waals surface area (Å²) in [6, 6.07) is 1.77. The molecule has 0 bridgehead atoms. The highest BCUT2D eigenvalue weighted by Crippen LogP contribution is 2.26. The molecule has 0 aliphatic carbocycles. The molecular weight excluding hydrogens is 300 g/mol. The first kappa shape index (κ1) is 18.7. The smallest absolute Gasteiger partial charge is 0.349 e. The molecule has 0 N–H and O–H groups in total. The van der Waals surface area contributed by atoms with Gasteiger partial charge in [0.15, 0.2) is 0 Å². The number of esters is 2. The van der Waals surface area contributed by atoms with Gasteiger partial charge in [0.25, 0.3) is 0 Å². The van der Waals surface area contributed by atoms with Crippen molar-refractivity contribution in [2.24, 2.45) is 11.8 Å². The summed E-state index contributed by atoms with van der Waals surface area (Å²) in [5, 5.41) is 0. The van der Waals surface area contributed by atoms with Gasteiger partial charge >= 0.3 is 11.9 Å². The van der Waals surface area contributed by atoms with Crippen LogP contribution in [0.4, 0.5) is 0 Å². The molecule has 1 rings (SSSR count). The molecule has 0 spiro atoms. The predicted octanol–water partition coefficient (Wildman–Crippen LogP) is 4.33. The molecule has 1 aromatic heterocycles. The Balaban J connectivity index is 2.92. The molecule has 124 valence electrons. The number of aryl methyl sites for hydroxylation is 1. The first-order chi connectivity index (χ1) is 10.3. The maximum Gasteiger partial charge on any atom is 0.349 e. The quantitative estimate of drug-likeness (QED) is 0.667. The highest BCUT2D eigenvalue weighted by molar-refractivity contribution is 7.14. The third-order valence-electron chi connectivity index (χ3n) is 2.78. The van der Waals surface area contributed by atoms with Crippen LogP contribution in [0.15, 0.2) is 6.07 Å². The highest BCUT2D eigenvalue weighted by atomic mass is 32.1. The van der Waals surface area contributed by atoms with E-state index in [1.165, 1.54) is 11.3 Å². The number of rotatable bonds is 8. The summed E-state index contributed by atoms with van der Waals surface area (Å²) < 4.78 is 10.5. The zero-order valence-electron chi connectivity index (χ0n) is 14.1. The van der Waals surface area contributed by atoms with Gasteiger partial charge in [-0.2, -0.15) is 0 Å². The summed E-state index contributed by atoms with van der Waals surface area (Å²) in [6.07, 6.45) is 1.80. The summed E-state index contributed by atoms with van der Waals surface area (Å²) in [5.41, 5.74) is 0.336. The number of carbonyl (C=O) groups is 2. The predicted molar refractivity (Wildman–Crippen MR) is 88.6 cm³/mol. The number of carbonyl (C=O) groups excluding carboxylic acids is 2. The first-order valence-electron chi connectivity index (χ1n) is 7.82. The minimum Gasteiger partial charge on any atom is -0.462 e. The van der Waals surface area contributed by atoms with E-state index in [0.717, 1.165) is 17.7 Å².